The van der Waals surface area contributed by atoms with Crippen LogP contribution in [0.25, 0.3) is 0 Å². The smallest absolute Gasteiger partial charge is 0.257 e. The molecule has 0 saturated carbocycles. The van der Waals surface area contributed by atoms with Gasteiger partial charge in [0.2, 0.25) is 5.91 Å². The first-order valence-corrected chi connectivity index (χ1v) is 9.94. The molecular formula is C24H24N2O3. The second-order valence-corrected chi connectivity index (χ2v) is 7.34. The van der Waals surface area contributed by atoms with E-state index in [0.29, 0.717) is 31.5 Å². The molecule has 29 heavy (non-hydrogen) atoms. The number of furan rings is 1. The maximum Gasteiger partial charge on any atom is 0.257 e. The van der Waals surface area contributed by atoms with E-state index >= 15 is 0 Å². The monoisotopic (exact) mass is 388 g/mol. The van der Waals surface area contributed by atoms with Gasteiger partial charge in [-0.05, 0) is 30.0 Å². The topological polar surface area (TPSA) is 62.6 Å². The Balaban J connectivity index is 1.42. The van der Waals surface area contributed by atoms with Crippen molar-refractivity contribution in [1.82, 2.24) is 10.2 Å². The first-order chi connectivity index (χ1) is 14.2. The first kappa shape index (κ1) is 19.0. The van der Waals surface area contributed by atoms with Crippen LogP contribution in [0, 0.1) is 5.92 Å². The lowest BCUT2D eigenvalue weighted by Crippen LogP contribution is -2.43. The predicted octanol–water partition coefficient (Wildman–Crippen LogP) is 4.04. The summed E-state index contributed by atoms with van der Waals surface area (Å²) in [6, 6.07) is 21.5. The van der Waals surface area contributed by atoms with Gasteiger partial charge >= 0.3 is 0 Å². The second kappa shape index (κ2) is 8.78. The van der Waals surface area contributed by atoms with Gasteiger partial charge < -0.3 is 14.6 Å². The van der Waals surface area contributed by atoms with E-state index in [2.05, 4.69) is 5.32 Å². The Labute approximate surface area is 170 Å². The third kappa shape index (κ3) is 4.40. The van der Waals surface area contributed by atoms with Crippen LogP contribution in [0.2, 0.25) is 0 Å². The number of hydrogen-bond acceptors (Lipinski definition) is 3. The number of nitrogens with one attached hydrogen (secondary N) is 1. The number of hydrogen-bond donors (Lipinski definition) is 1. The maximum absolute atomic E-state index is 13.0. The van der Waals surface area contributed by atoms with Crippen molar-refractivity contribution in [3.8, 4) is 0 Å². The second-order valence-electron chi connectivity index (χ2n) is 7.34. The lowest BCUT2D eigenvalue weighted by Gasteiger charge is -2.32. The molecule has 1 N–H and O–H groups in total. The largest absolute Gasteiger partial charge is 0.472 e. The summed E-state index contributed by atoms with van der Waals surface area (Å²) in [5.74, 6) is -0.0968. The van der Waals surface area contributed by atoms with Crippen LogP contribution in [0.15, 0.2) is 83.7 Å². The van der Waals surface area contributed by atoms with E-state index in [1.165, 1.54) is 12.5 Å². The van der Waals surface area contributed by atoms with Gasteiger partial charge in [-0.1, -0.05) is 60.7 Å². The third-order valence-corrected chi connectivity index (χ3v) is 5.47. The molecular weight excluding hydrogens is 364 g/mol. The van der Waals surface area contributed by atoms with Crippen LogP contribution in [-0.4, -0.2) is 29.8 Å². The van der Waals surface area contributed by atoms with E-state index in [9.17, 15) is 9.59 Å². The Morgan fingerprint density at radius 2 is 1.48 bits per heavy atom. The highest BCUT2D eigenvalue weighted by Gasteiger charge is 2.29. The minimum atomic E-state index is -0.185. The fourth-order valence-corrected chi connectivity index (χ4v) is 3.82. The summed E-state index contributed by atoms with van der Waals surface area (Å²) in [4.78, 5) is 27.3. The number of amides is 2. The average molecular weight is 388 g/mol. The number of piperidine rings is 1. The lowest BCUT2D eigenvalue weighted by molar-refractivity contribution is -0.126. The van der Waals surface area contributed by atoms with Gasteiger partial charge in [-0.3, -0.25) is 9.59 Å². The maximum atomic E-state index is 13.0. The SMILES string of the molecule is O=C(NC(c1ccccc1)c1ccccc1)C1CCN(C(=O)c2ccoc2)CC1. The van der Waals surface area contributed by atoms with Gasteiger partial charge in [0.25, 0.3) is 5.91 Å². The van der Waals surface area contributed by atoms with E-state index in [1.54, 1.807) is 11.0 Å². The molecule has 0 spiro atoms. The molecule has 1 aliphatic heterocycles. The van der Waals surface area contributed by atoms with E-state index in [1.807, 2.05) is 60.7 Å². The van der Waals surface area contributed by atoms with Crippen molar-refractivity contribution in [3.05, 3.63) is 95.9 Å². The first-order valence-electron chi connectivity index (χ1n) is 9.94. The minimum absolute atomic E-state index is 0.0379. The standard InChI is InChI=1S/C24H24N2O3/c27-23(20-11-14-26(15-12-20)24(28)21-13-16-29-17-21)25-22(18-7-3-1-4-8-18)19-9-5-2-6-10-19/h1-10,13,16-17,20,22H,11-12,14-15H2,(H,25,27). The molecule has 2 amide bonds. The molecule has 2 aromatic carbocycles. The zero-order valence-corrected chi connectivity index (χ0v) is 16.2. The highest BCUT2D eigenvalue weighted by atomic mass is 16.3. The van der Waals surface area contributed by atoms with Crippen LogP contribution in [0.5, 0.6) is 0 Å². The fraction of sp³-hybridized carbons (Fsp3) is 0.250. The van der Waals surface area contributed by atoms with Crippen LogP contribution in [0.4, 0.5) is 0 Å². The Bertz CT molecular complexity index is 891. The van der Waals surface area contributed by atoms with Crippen LogP contribution in [0.3, 0.4) is 0 Å². The number of benzene rings is 2. The van der Waals surface area contributed by atoms with Crippen molar-refractivity contribution in [2.45, 2.75) is 18.9 Å². The van der Waals surface area contributed by atoms with Crippen LogP contribution < -0.4 is 5.32 Å². The molecule has 4 rings (SSSR count). The molecule has 1 saturated heterocycles. The quantitative estimate of drug-likeness (QED) is 0.718. The minimum Gasteiger partial charge on any atom is -0.472 e. The highest BCUT2D eigenvalue weighted by molar-refractivity contribution is 5.94. The normalized spacial score (nSPS) is 14.7. The zero-order chi connectivity index (χ0) is 20.1. The summed E-state index contributed by atoms with van der Waals surface area (Å²) in [5.41, 5.74) is 2.67. The molecule has 0 bridgehead atoms. The molecule has 2 heterocycles. The van der Waals surface area contributed by atoms with E-state index in [0.717, 1.165) is 11.1 Å². The molecule has 0 atom stereocenters. The van der Waals surface area contributed by atoms with Crippen molar-refractivity contribution in [2.75, 3.05) is 13.1 Å². The summed E-state index contributed by atoms with van der Waals surface area (Å²) < 4.78 is 5.00. The number of carbonyl (C=O) groups is 2. The summed E-state index contributed by atoms with van der Waals surface area (Å²) in [5, 5.41) is 3.23. The van der Waals surface area contributed by atoms with Crippen LogP contribution in [0.1, 0.15) is 40.4 Å². The van der Waals surface area contributed by atoms with Gasteiger partial charge in [0.15, 0.2) is 0 Å². The third-order valence-electron chi connectivity index (χ3n) is 5.47. The Kier molecular flexibility index (Phi) is 5.75. The molecule has 0 aliphatic carbocycles. The van der Waals surface area contributed by atoms with Gasteiger partial charge in [-0.2, -0.15) is 0 Å². The number of likely N-dealkylation sites (tertiary alicyclic amines) is 1. The average Bonchev–Trinajstić information content (AvgIpc) is 3.33. The van der Waals surface area contributed by atoms with Gasteiger partial charge in [0.05, 0.1) is 17.9 Å². The molecule has 5 heteroatoms. The summed E-state index contributed by atoms with van der Waals surface area (Å²) in [6.07, 6.45) is 4.28. The van der Waals surface area contributed by atoms with Crippen molar-refractivity contribution in [3.63, 3.8) is 0 Å². The summed E-state index contributed by atoms with van der Waals surface area (Å²) in [7, 11) is 0. The number of carbonyl (C=O) groups excluding carboxylic acids is 2. The molecule has 3 aromatic rings. The van der Waals surface area contributed by atoms with Crippen molar-refractivity contribution < 1.29 is 14.0 Å². The van der Waals surface area contributed by atoms with Crippen LogP contribution >= 0.6 is 0 Å². The predicted molar refractivity (Wildman–Crippen MR) is 110 cm³/mol. The summed E-state index contributed by atoms with van der Waals surface area (Å²) in [6.45, 7) is 1.15. The lowest BCUT2D eigenvalue weighted by atomic mass is 9.93. The number of rotatable bonds is 5. The van der Waals surface area contributed by atoms with Crippen molar-refractivity contribution in [2.24, 2.45) is 5.92 Å². The molecule has 1 fully saturated rings. The molecule has 0 unspecified atom stereocenters. The van der Waals surface area contributed by atoms with Gasteiger partial charge in [0.1, 0.15) is 6.26 Å². The zero-order valence-electron chi connectivity index (χ0n) is 16.2. The molecule has 1 aliphatic rings. The molecule has 1 aromatic heterocycles. The molecule has 0 radical (unpaired) electrons. The van der Waals surface area contributed by atoms with Gasteiger partial charge in [-0.25, -0.2) is 0 Å². The van der Waals surface area contributed by atoms with Crippen LogP contribution in [-0.2, 0) is 4.79 Å². The number of nitrogens with zero attached hydrogens (tertiary/aromatic N) is 1. The Morgan fingerprint density at radius 3 is 2.00 bits per heavy atom. The van der Waals surface area contributed by atoms with Gasteiger partial charge in [-0.15, -0.1) is 0 Å². The van der Waals surface area contributed by atoms with Gasteiger partial charge in [0, 0.05) is 19.0 Å². The fourth-order valence-electron chi connectivity index (χ4n) is 3.82. The van der Waals surface area contributed by atoms with Crippen molar-refractivity contribution >= 4 is 11.8 Å². The van der Waals surface area contributed by atoms with E-state index in [4.69, 9.17) is 4.42 Å². The summed E-state index contributed by atoms with van der Waals surface area (Å²) >= 11 is 0. The van der Waals surface area contributed by atoms with Crippen molar-refractivity contribution in [1.29, 1.82) is 0 Å². The molecule has 5 nitrogen and oxygen atoms in total. The van der Waals surface area contributed by atoms with E-state index < -0.39 is 0 Å². The highest BCUT2D eigenvalue weighted by Crippen LogP contribution is 2.25. The molecule has 148 valence electrons. The van der Waals surface area contributed by atoms with E-state index in [-0.39, 0.29) is 23.8 Å². The Morgan fingerprint density at radius 1 is 0.897 bits per heavy atom. The Hall–Kier alpha value is -3.34.